The van der Waals surface area contributed by atoms with Gasteiger partial charge in [-0.2, -0.15) is 0 Å². The topological polar surface area (TPSA) is 18.5 Å². The minimum Gasteiger partial charge on any atom is -0.394 e. The number of rotatable bonds is 33. The molecule has 3 heteroatoms. The quantitative estimate of drug-likeness (QED) is 0.0593. The van der Waals surface area contributed by atoms with Crippen molar-refractivity contribution in [1.82, 2.24) is 0 Å². The predicted octanol–water partition coefficient (Wildman–Crippen LogP) is 13.1. The molecular formula is C35H74O2Si. The van der Waals surface area contributed by atoms with Gasteiger partial charge in [-0.3, -0.25) is 0 Å². The summed E-state index contributed by atoms with van der Waals surface area (Å²) in [6, 6.07) is 2.20. The second kappa shape index (κ2) is 31.7. The van der Waals surface area contributed by atoms with E-state index in [4.69, 9.17) is 8.85 Å². The van der Waals surface area contributed by atoms with Crippen molar-refractivity contribution in [2.75, 3.05) is 13.2 Å². The van der Waals surface area contributed by atoms with Gasteiger partial charge in [0.15, 0.2) is 0 Å². The summed E-state index contributed by atoms with van der Waals surface area (Å²) in [5, 5.41) is 0. The molecule has 0 radical (unpaired) electrons. The van der Waals surface area contributed by atoms with Gasteiger partial charge < -0.3 is 8.85 Å². The third-order valence-electron chi connectivity index (χ3n) is 8.55. The van der Waals surface area contributed by atoms with E-state index in [1.54, 1.807) is 0 Å². The maximum atomic E-state index is 6.47. The summed E-state index contributed by atoms with van der Waals surface area (Å²) >= 11 is 0. The van der Waals surface area contributed by atoms with E-state index >= 15 is 0 Å². The minimum absolute atomic E-state index is 0.921. The molecule has 0 unspecified atom stereocenters. The van der Waals surface area contributed by atoms with Crippen LogP contribution in [-0.2, 0) is 8.85 Å². The van der Waals surface area contributed by atoms with Crippen LogP contribution in [0.25, 0.3) is 0 Å². The second-order valence-electron chi connectivity index (χ2n) is 12.2. The molecule has 0 aromatic rings. The third kappa shape index (κ3) is 26.4. The van der Waals surface area contributed by atoms with Gasteiger partial charge in [-0.1, -0.05) is 188 Å². The Bertz CT molecular complexity index is 424. The fourth-order valence-electron chi connectivity index (χ4n) is 5.63. The van der Waals surface area contributed by atoms with Crippen molar-refractivity contribution < 1.29 is 8.85 Å². The molecular weight excluding hydrogens is 480 g/mol. The van der Waals surface area contributed by atoms with Crippen LogP contribution in [-0.4, -0.2) is 21.8 Å². The SMILES string of the molecule is CCCCCCCCCCCCCCCCO[Si](CC)(CC)OCCCCCCCCCCCCCCC. The summed E-state index contributed by atoms with van der Waals surface area (Å²) in [4.78, 5) is 0. The van der Waals surface area contributed by atoms with E-state index in [1.807, 2.05) is 0 Å². The third-order valence-corrected chi connectivity index (χ3v) is 12.2. The number of hydrogen-bond acceptors (Lipinski definition) is 2. The van der Waals surface area contributed by atoms with E-state index in [-0.39, 0.29) is 0 Å². The standard InChI is InChI=1S/C35H74O2Si/c1-5-9-11-13-15-17-19-21-23-25-27-29-31-33-35-37-38(7-3,8-4)36-34-32-30-28-26-24-22-20-18-16-14-12-10-6-2/h5-35H2,1-4H3. The summed E-state index contributed by atoms with van der Waals surface area (Å²) in [6.07, 6.45) is 38.0. The van der Waals surface area contributed by atoms with Crippen LogP contribution < -0.4 is 0 Å². The summed E-state index contributed by atoms with van der Waals surface area (Å²) < 4.78 is 12.9. The summed E-state index contributed by atoms with van der Waals surface area (Å²) in [5.74, 6) is 0. The molecule has 0 bridgehead atoms. The van der Waals surface area contributed by atoms with Gasteiger partial charge in [0.1, 0.15) is 0 Å². The number of unbranched alkanes of at least 4 members (excludes halogenated alkanes) is 25. The van der Waals surface area contributed by atoms with E-state index < -0.39 is 8.56 Å². The van der Waals surface area contributed by atoms with Crippen LogP contribution in [0.3, 0.4) is 0 Å². The molecule has 0 fully saturated rings. The van der Waals surface area contributed by atoms with Crippen molar-refractivity contribution in [2.24, 2.45) is 0 Å². The first-order valence-corrected chi connectivity index (χ1v) is 20.3. The first kappa shape index (κ1) is 38.1. The molecule has 0 saturated carbocycles. The van der Waals surface area contributed by atoms with Gasteiger partial charge in [-0.05, 0) is 24.9 Å². The van der Waals surface area contributed by atoms with Gasteiger partial charge in [0.2, 0.25) is 0 Å². The first-order valence-electron chi connectivity index (χ1n) is 18.0. The Morgan fingerprint density at radius 1 is 0.289 bits per heavy atom. The van der Waals surface area contributed by atoms with Gasteiger partial charge in [0.25, 0.3) is 0 Å². The fraction of sp³-hybridized carbons (Fsp3) is 1.00. The molecule has 0 heterocycles. The monoisotopic (exact) mass is 555 g/mol. The van der Waals surface area contributed by atoms with Gasteiger partial charge in [-0.15, -0.1) is 0 Å². The summed E-state index contributed by atoms with van der Waals surface area (Å²) in [5.41, 5.74) is 0. The average molecular weight is 555 g/mol. The zero-order valence-corrected chi connectivity index (χ0v) is 28.2. The van der Waals surface area contributed by atoms with E-state index in [0.717, 1.165) is 25.3 Å². The average Bonchev–Trinajstić information content (AvgIpc) is 2.94. The van der Waals surface area contributed by atoms with Crippen molar-refractivity contribution in [3.8, 4) is 0 Å². The molecule has 0 spiro atoms. The first-order chi connectivity index (χ1) is 18.7. The van der Waals surface area contributed by atoms with Gasteiger partial charge in [0.05, 0.1) is 0 Å². The van der Waals surface area contributed by atoms with Crippen LogP contribution in [0.15, 0.2) is 0 Å². The van der Waals surface area contributed by atoms with Crippen molar-refractivity contribution in [3.63, 3.8) is 0 Å². The number of hydrogen-bond donors (Lipinski definition) is 0. The van der Waals surface area contributed by atoms with E-state index in [0.29, 0.717) is 0 Å². The Hall–Kier alpha value is 0.137. The molecule has 38 heavy (non-hydrogen) atoms. The second-order valence-corrected chi connectivity index (χ2v) is 16.0. The molecule has 0 aromatic carbocycles. The molecule has 0 atom stereocenters. The summed E-state index contributed by atoms with van der Waals surface area (Å²) in [7, 11) is -1.95. The smallest absolute Gasteiger partial charge is 0.337 e. The lowest BCUT2D eigenvalue weighted by Gasteiger charge is -2.29. The molecule has 230 valence electrons. The van der Waals surface area contributed by atoms with E-state index in [1.165, 1.54) is 173 Å². The van der Waals surface area contributed by atoms with Crippen LogP contribution in [0.5, 0.6) is 0 Å². The van der Waals surface area contributed by atoms with Gasteiger partial charge in [0, 0.05) is 13.2 Å². The highest BCUT2D eigenvalue weighted by atomic mass is 28.4. The zero-order valence-electron chi connectivity index (χ0n) is 27.2. The fourth-order valence-corrected chi connectivity index (χ4v) is 8.07. The lowest BCUT2D eigenvalue weighted by Crippen LogP contribution is -2.41. The summed E-state index contributed by atoms with van der Waals surface area (Å²) in [6.45, 7) is 11.0. The van der Waals surface area contributed by atoms with Crippen LogP contribution in [0.2, 0.25) is 12.1 Å². The Labute approximate surface area is 243 Å². The van der Waals surface area contributed by atoms with E-state index in [2.05, 4.69) is 27.7 Å². The Balaban J connectivity index is 3.53. The van der Waals surface area contributed by atoms with Crippen molar-refractivity contribution in [3.05, 3.63) is 0 Å². The molecule has 0 rings (SSSR count). The largest absolute Gasteiger partial charge is 0.394 e. The Morgan fingerprint density at radius 3 is 0.711 bits per heavy atom. The Kier molecular flexibility index (Phi) is 31.8. The molecule has 0 saturated heterocycles. The van der Waals surface area contributed by atoms with Crippen LogP contribution in [0.4, 0.5) is 0 Å². The lowest BCUT2D eigenvalue weighted by molar-refractivity contribution is 0.163. The highest BCUT2D eigenvalue weighted by Crippen LogP contribution is 2.21. The van der Waals surface area contributed by atoms with Gasteiger partial charge >= 0.3 is 8.56 Å². The molecule has 0 amide bonds. The molecule has 0 aliphatic rings. The molecule has 0 aliphatic heterocycles. The van der Waals surface area contributed by atoms with Crippen LogP contribution >= 0.6 is 0 Å². The molecule has 0 aliphatic carbocycles. The molecule has 0 aromatic heterocycles. The van der Waals surface area contributed by atoms with Crippen molar-refractivity contribution in [2.45, 2.75) is 213 Å². The predicted molar refractivity (Wildman–Crippen MR) is 175 cm³/mol. The molecule has 2 nitrogen and oxygen atoms in total. The maximum absolute atomic E-state index is 6.47. The lowest BCUT2D eigenvalue weighted by atomic mass is 10.0. The molecule has 0 N–H and O–H groups in total. The van der Waals surface area contributed by atoms with Gasteiger partial charge in [-0.25, -0.2) is 0 Å². The highest BCUT2D eigenvalue weighted by molar-refractivity contribution is 6.67. The van der Waals surface area contributed by atoms with Crippen molar-refractivity contribution in [1.29, 1.82) is 0 Å². The van der Waals surface area contributed by atoms with Crippen molar-refractivity contribution >= 4 is 8.56 Å². The normalized spacial score (nSPS) is 12.0. The Morgan fingerprint density at radius 2 is 0.500 bits per heavy atom. The highest BCUT2D eigenvalue weighted by Gasteiger charge is 2.33. The van der Waals surface area contributed by atoms with Crippen LogP contribution in [0.1, 0.15) is 201 Å². The zero-order chi connectivity index (χ0) is 27.8. The van der Waals surface area contributed by atoms with E-state index in [9.17, 15) is 0 Å². The van der Waals surface area contributed by atoms with Crippen LogP contribution in [0, 0.1) is 0 Å². The minimum atomic E-state index is -1.95. The maximum Gasteiger partial charge on any atom is 0.337 e.